The average Bonchev–Trinajstić information content (AvgIpc) is 2.98. The third kappa shape index (κ3) is 5.84. The summed E-state index contributed by atoms with van der Waals surface area (Å²) >= 11 is 0. The van der Waals surface area contributed by atoms with Crippen molar-refractivity contribution in [3.8, 4) is 11.1 Å². The second-order valence-corrected chi connectivity index (χ2v) is 7.14. The fourth-order valence-corrected chi connectivity index (χ4v) is 2.62. The highest BCUT2D eigenvalue weighted by Crippen LogP contribution is 2.31. The standard InChI is InChI=1S/C18H20N4O.C4H10.2H2/c1-12-17(13(2)23-22-12)15-9-16(18(19-3)21-11-15)20-10-14-7-5-4-6-8-14;1-4(2)3;;/h4-9,11,20H,10H2,1-3H3,(H,19,21);4H,1-3H3;2*1H. The zero-order valence-corrected chi connectivity index (χ0v) is 17.1. The van der Waals surface area contributed by atoms with Crippen LogP contribution in [0.25, 0.3) is 11.1 Å². The summed E-state index contributed by atoms with van der Waals surface area (Å²) in [6, 6.07) is 12.4. The van der Waals surface area contributed by atoms with Crippen molar-refractivity contribution in [2.24, 2.45) is 5.92 Å². The zero-order chi connectivity index (χ0) is 19.8. The van der Waals surface area contributed by atoms with E-state index in [1.165, 1.54) is 5.56 Å². The maximum Gasteiger partial charge on any atom is 0.149 e. The molecule has 3 aromatic rings. The zero-order valence-electron chi connectivity index (χ0n) is 17.1. The molecule has 1 aromatic carbocycles. The molecule has 0 aliphatic rings. The van der Waals surface area contributed by atoms with E-state index >= 15 is 0 Å². The first-order valence-electron chi connectivity index (χ1n) is 9.31. The molecule has 5 nitrogen and oxygen atoms in total. The number of anilines is 2. The Morgan fingerprint density at radius 2 is 1.78 bits per heavy atom. The van der Waals surface area contributed by atoms with Gasteiger partial charge in [-0.2, -0.15) is 0 Å². The van der Waals surface area contributed by atoms with Crippen LogP contribution in [-0.2, 0) is 6.54 Å². The monoisotopic (exact) mass is 370 g/mol. The SMILES string of the molecule is CC(C)C.CNc1ncc(-c2c(C)noc2C)cc1NCc1ccccc1.[HH].[HH]. The first-order chi connectivity index (χ1) is 12.9. The Hall–Kier alpha value is -2.82. The van der Waals surface area contributed by atoms with Crippen molar-refractivity contribution in [2.75, 3.05) is 17.7 Å². The molecule has 0 atom stereocenters. The van der Waals surface area contributed by atoms with Crippen molar-refractivity contribution in [3.63, 3.8) is 0 Å². The minimum Gasteiger partial charge on any atom is -0.378 e. The molecule has 0 spiro atoms. The number of pyridine rings is 1. The number of benzene rings is 1. The molecule has 0 saturated carbocycles. The van der Waals surface area contributed by atoms with Gasteiger partial charge in [-0.3, -0.25) is 0 Å². The Kier molecular flexibility index (Phi) is 7.41. The van der Waals surface area contributed by atoms with E-state index in [1.807, 2.05) is 45.3 Å². The molecule has 5 heteroatoms. The van der Waals surface area contributed by atoms with E-state index in [0.29, 0.717) is 0 Å². The van der Waals surface area contributed by atoms with Gasteiger partial charge >= 0.3 is 0 Å². The van der Waals surface area contributed by atoms with Crippen LogP contribution >= 0.6 is 0 Å². The fraction of sp³-hybridized carbons (Fsp3) is 0.364. The van der Waals surface area contributed by atoms with Crippen molar-refractivity contribution >= 4 is 11.5 Å². The number of aryl methyl sites for hydroxylation is 2. The summed E-state index contributed by atoms with van der Waals surface area (Å²) in [6.07, 6.45) is 1.84. The van der Waals surface area contributed by atoms with Gasteiger partial charge in [-0.15, -0.1) is 0 Å². The van der Waals surface area contributed by atoms with Gasteiger partial charge in [0.25, 0.3) is 0 Å². The normalized spacial score (nSPS) is 10.3. The molecular formula is C22H34N4O. The highest BCUT2D eigenvalue weighted by Gasteiger charge is 2.14. The molecule has 2 heterocycles. The molecule has 0 unspecified atom stereocenters. The molecule has 0 saturated heterocycles. The highest BCUT2D eigenvalue weighted by molar-refractivity contribution is 5.75. The summed E-state index contributed by atoms with van der Waals surface area (Å²) in [7, 11) is 1.87. The van der Waals surface area contributed by atoms with E-state index in [2.05, 4.69) is 59.7 Å². The number of aromatic nitrogens is 2. The van der Waals surface area contributed by atoms with Gasteiger partial charge < -0.3 is 15.2 Å². The number of hydrogen-bond donors (Lipinski definition) is 2. The number of hydrogen-bond acceptors (Lipinski definition) is 5. The lowest BCUT2D eigenvalue weighted by atomic mass is 10.1. The smallest absolute Gasteiger partial charge is 0.149 e. The maximum absolute atomic E-state index is 5.26. The fourth-order valence-electron chi connectivity index (χ4n) is 2.62. The van der Waals surface area contributed by atoms with Crippen LogP contribution in [0.1, 0.15) is 40.6 Å². The minimum atomic E-state index is 0. The summed E-state index contributed by atoms with van der Waals surface area (Å²) in [5.41, 5.74) is 5.04. The van der Waals surface area contributed by atoms with E-state index in [0.717, 1.165) is 46.5 Å². The molecule has 27 heavy (non-hydrogen) atoms. The maximum atomic E-state index is 5.26. The minimum absolute atomic E-state index is 0. The van der Waals surface area contributed by atoms with E-state index in [9.17, 15) is 0 Å². The summed E-state index contributed by atoms with van der Waals surface area (Å²) in [5.74, 6) is 2.45. The van der Waals surface area contributed by atoms with Crippen LogP contribution < -0.4 is 10.6 Å². The van der Waals surface area contributed by atoms with E-state index < -0.39 is 0 Å². The van der Waals surface area contributed by atoms with Gasteiger partial charge in [-0.1, -0.05) is 56.3 Å². The quantitative estimate of drug-likeness (QED) is 0.563. The van der Waals surface area contributed by atoms with Gasteiger partial charge in [0.15, 0.2) is 0 Å². The highest BCUT2D eigenvalue weighted by atomic mass is 16.5. The lowest BCUT2D eigenvalue weighted by molar-refractivity contribution is 0.393. The van der Waals surface area contributed by atoms with Gasteiger partial charge in [-0.25, -0.2) is 4.98 Å². The number of rotatable bonds is 5. The van der Waals surface area contributed by atoms with Crippen molar-refractivity contribution in [3.05, 3.63) is 59.6 Å². The topological polar surface area (TPSA) is 63.0 Å². The second kappa shape index (κ2) is 9.76. The molecule has 0 radical (unpaired) electrons. The Bertz CT molecular complexity index is 829. The Balaban J connectivity index is 0.00000120. The molecule has 0 fully saturated rings. The molecule has 3 rings (SSSR count). The second-order valence-electron chi connectivity index (χ2n) is 7.14. The Labute approximate surface area is 165 Å². The largest absolute Gasteiger partial charge is 0.378 e. The first-order valence-corrected chi connectivity index (χ1v) is 9.31. The number of nitrogens with one attached hydrogen (secondary N) is 2. The van der Waals surface area contributed by atoms with Crippen molar-refractivity contribution < 1.29 is 7.38 Å². The van der Waals surface area contributed by atoms with Crippen LogP contribution in [0.3, 0.4) is 0 Å². The molecule has 2 aromatic heterocycles. The van der Waals surface area contributed by atoms with E-state index in [4.69, 9.17) is 4.52 Å². The van der Waals surface area contributed by atoms with Crippen molar-refractivity contribution in [1.29, 1.82) is 0 Å². The molecule has 2 N–H and O–H groups in total. The summed E-state index contributed by atoms with van der Waals surface area (Å²) in [4.78, 5) is 4.50. The lowest BCUT2D eigenvalue weighted by Crippen LogP contribution is -2.04. The van der Waals surface area contributed by atoms with Gasteiger partial charge in [0.1, 0.15) is 11.6 Å². The van der Waals surface area contributed by atoms with Crippen molar-refractivity contribution in [1.82, 2.24) is 10.1 Å². The molecular weight excluding hydrogens is 336 g/mol. The van der Waals surface area contributed by atoms with Gasteiger partial charge in [-0.05, 0) is 31.4 Å². The van der Waals surface area contributed by atoms with Crippen LogP contribution in [0.2, 0.25) is 0 Å². The lowest BCUT2D eigenvalue weighted by Gasteiger charge is -2.13. The predicted molar refractivity (Wildman–Crippen MR) is 117 cm³/mol. The van der Waals surface area contributed by atoms with Crippen LogP contribution in [0.5, 0.6) is 0 Å². The summed E-state index contributed by atoms with van der Waals surface area (Å²) < 4.78 is 5.26. The van der Waals surface area contributed by atoms with Gasteiger partial charge in [0, 0.05) is 33.8 Å². The molecule has 0 aliphatic carbocycles. The third-order valence-corrected chi connectivity index (χ3v) is 3.77. The number of nitrogens with zero attached hydrogens (tertiary/aromatic N) is 2. The Morgan fingerprint density at radius 3 is 2.33 bits per heavy atom. The van der Waals surface area contributed by atoms with Crippen LogP contribution in [0.4, 0.5) is 11.5 Å². The average molecular weight is 371 g/mol. The van der Waals surface area contributed by atoms with Crippen LogP contribution in [-0.4, -0.2) is 17.2 Å². The summed E-state index contributed by atoms with van der Waals surface area (Å²) in [5, 5.41) is 10.6. The third-order valence-electron chi connectivity index (χ3n) is 3.77. The Morgan fingerprint density at radius 1 is 1.11 bits per heavy atom. The first kappa shape index (κ1) is 20.5. The van der Waals surface area contributed by atoms with Crippen molar-refractivity contribution in [2.45, 2.75) is 41.2 Å². The van der Waals surface area contributed by atoms with Gasteiger partial charge in [0.05, 0.1) is 11.4 Å². The molecule has 0 bridgehead atoms. The van der Waals surface area contributed by atoms with Crippen LogP contribution in [0, 0.1) is 19.8 Å². The molecule has 0 amide bonds. The van der Waals surface area contributed by atoms with E-state index in [1.54, 1.807) is 0 Å². The molecule has 148 valence electrons. The van der Waals surface area contributed by atoms with E-state index in [-0.39, 0.29) is 2.85 Å². The van der Waals surface area contributed by atoms with Gasteiger partial charge in [0.2, 0.25) is 0 Å². The summed E-state index contributed by atoms with van der Waals surface area (Å²) in [6.45, 7) is 11.1. The molecule has 0 aliphatic heterocycles. The van der Waals surface area contributed by atoms with Crippen LogP contribution in [0.15, 0.2) is 47.1 Å². The predicted octanol–water partition coefficient (Wildman–Crippen LogP) is 6.16.